The Labute approximate surface area is 167 Å². The molecule has 2 aromatic rings. The van der Waals surface area contributed by atoms with Crippen LogP contribution >= 0.6 is 0 Å². The lowest BCUT2D eigenvalue weighted by molar-refractivity contribution is -0.274. The predicted octanol–water partition coefficient (Wildman–Crippen LogP) is 3.92. The second-order valence-corrected chi connectivity index (χ2v) is 6.92. The summed E-state index contributed by atoms with van der Waals surface area (Å²) in [5, 5.41) is 2.85. The Kier molecular flexibility index (Phi) is 6.46. The van der Waals surface area contributed by atoms with Gasteiger partial charge >= 0.3 is 12.4 Å². The zero-order chi connectivity index (χ0) is 20.9. The molecule has 0 unspecified atom stereocenters. The summed E-state index contributed by atoms with van der Waals surface area (Å²) in [4.78, 5) is 20.4. The van der Waals surface area contributed by atoms with Crippen molar-refractivity contribution in [2.45, 2.75) is 32.3 Å². The van der Waals surface area contributed by atoms with E-state index in [1.165, 1.54) is 29.2 Å². The second-order valence-electron chi connectivity index (χ2n) is 6.92. The molecule has 0 atom stereocenters. The van der Waals surface area contributed by atoms with Crippen molar-refractivity contribution < 1.29 is 22.7 Å². The fourth-order valence-electron chi connectivity index (χ4n) is 3.14. The van der Waals surface area contributed by atoms with Crippen LogP contribution in [0.2, 0.25) is 0 Å². The Balaban J connectivity index is 1.50. The summed E-state index contributed by atoms with van der Waals surface area (Å²) in [6, 6.07) is 9.01. The number of halogens is 3. The number of pyridine rings is 1. The third-order valence-corrected chi connectivity index (χ3v) is 4.61. The Bertz CT molecular complexity index is 821. The van der Waals surface area contributed by atoms with Crippen molar-refractivity contribution in [3.05, 3.63) is 53.7 Å². The number of hydrogen-bond acceptors (Lipinski definition) is 4. The van der Waals surface area contributed by atoms with Crippen molar-refractivity contribution in [2.24, 2.45) is 0 Å². The molecule has 3 rings (SSSR count). The number of nitrogens with one attached hydrogen (secondary N) is 1. The lowest BCUT2D eigenvalue weighted by Gasteiger charge is -2.19. The normalized spacial score (nSPS) is 14.0. The molecule has 1 aliphatic rings. The quantitative estimate of drug-likeness (QED) is 0.787. The molecular weight excluding hydrogens is 385 g/mol. The number of benzene rings is 1. The summed E-state index contributed by atoms with van der Waals surface area (Å²) in [6.07, 6.45) is -0.656. The number of carbonyl (C=O) groups excluding carboxylic acids is 1. The molecule has 1 aromatic carbocycles. The molecule has 1 aliphatic heterocycles. The van der Waals surface area contributed by atoms with Crippen LogP contribution in [0, 0.1) is 0 Å². The summed E-state index contributed by atoms with van der Waals surface area (Å²) in [5.41, 5.74) is 1.65. The molecule has 0 spiro atoms. The summed E-state index contributed by atoms with van der Waals surface area (Å²) in [7, 11) is 1.62. The van der Waals surface area contributed by atoms with Crippen molar-refractivity contribution in [2.75, 3.05) is 25.0 Å². The Morgan fingerprint density at radius 3 is 2.52 bits per heavy atom. The van der Waals surface area contributed by atoms with Crippen LogP contribution in [0.4, 0.5) is 23.8 Å². The van der Waals surface area contributed by atoms with E-state index < -0.39 is 6.36 Å². The number of anilines is 1. The summed E-state index contributed by atoms with van der Waals surface area (Å²) in [5.74, 6) is 0.628. The molecule has 156 valence electrons. The lowest BCUT2D eigenvalue weighted by Crippen LogP contribution is -2.36. The van der Waals surface area contributed by atoms with Crippen LogP contribution in [-0.4, -0.2) is 42.4 Å². The molecule has 1 fully saturated rings. The molecule has 0 aliphatic carbocycles. The van der Waals surface area contributed by atoms with E-state index in [0.717, 1.165) is 37.3 Å². The van der Waals surface area contributed by atoms with Gasteiger partial charge in [-0.1, -0.05) is 12.1 Å². The minimum absolute atomic E-state index is 0.257. The molecule has 0 bridgehead atoms. The van der Waals surface area contributed by atoms with Gasteiger partial charge in [-0.25, -0.2) is 9.78 Å². The van der Waals surface area contributed by atoms with Crippen LogP contribution in [0.25, 0.3) is 0 Å². The number of rotatable bonds is 6. The Morgan fingerprint density at radius 2 is 1.86 bits per heavy atom. The van der Waals surface area contributed by atoms with Gasteiger partial charge in [-0.2, -0.15) is 0 Å². The highest BCUT2D eigenvalue weighted by atomic mass is 19.4. The minimum atomic E-state index is -4.72. The third-order valence-electron chi connectivity index (χ3n) is 4.61. The van der Waals surface area contributed by atoms with Gasteiger partial charge in [0.15, 0.2) is 0 Å². The summed E-state index contributed by atoms with van der Waals surface area (Å²) in [6.45, 7) is 2.62. The number of ether oxygens (including phenoxy) is 1. The van der Waals surface area contributed by atoms with Gasteiger partial charge in [0.05, 0.1) is 0 Å². The number of urea groups is 1. The fraction of sp³-hybridized carbons (Fsp3) is 0.400. The zero-order valence-electron chi connectivity index (χ0n) is 16.1. The highest BCUT2D eigenvalue weighted by Crippen LogP contribution is 2.23. The average molecular weight is 408 g/mol. The highest BCUT2D eigenvalue weighted by Gasteiger charge is 2.31. The van der Waals surface area contributed by atoms with E-state index in [1.807, 2.05) is 12.1 Å². The van der Waals surface area contributed by atoms with E-state index >= 15 is 0 Å². The van der Waals surface area contributed by atoms with E-state index in [4.69, 9.17) is 0 Å². The number of alkyl halides is 3. The van der Waals surface area contributed by atoms with Crippen LogP contribution in [0.5, 0.6) is 5.75 Å². The molecule has 1 aromatic heterocycles. The van der Waals surface area contributed by atoms with E-state index in [2.05, 4.69) is 19.9 Å². The van der Waals surface area contributed by atoms with Crippen LogP contribution < -0.4 is 15.0 Å². The lowest BCUT2D eigenvalue weighted by atomic mass is 10.2. The SMILES string of the molecule is CN(Cc1ccc(OC(F)(F)F)cc1)C(=O)NCc1ccnc(N2CCCC2)c1. The van der Waals surface area contributed by atoms with Gasteiger partial charge in [-0.05, 0) is 48.2 Å². The molecule has 0 radical (unpaired) electrons. The molecule has 29 heavy (non-hydrogen) atoms. The minimum Gasteiger partial charge on any atom is -0.406 e. The van der Waals surface area contributed by atoms with Gasteiger partial charge in [0.2, 0.25) is 0 Å². The fourth-order valence-corrected chi connectivity index (χ4v) is 3.14. The molecule has 2 heterocycles. The number of hydrogen-bond donors (Lipinski definition) is 1. The first-order valence-electron chi connectivity index (χ1n) is 9.34. The van der Waals surface area contributed by atoms with Crippen molar-refractivity contribution in [3.8, 4) is 5.75 Å². The maximum Gasteiger partial charge on any atom is 0.573 e. The topological polar surface area (TPSA) is 57.7 Å². The Hall–Kier alpha value is -2.97. The Morgan fingerprint density at radius 1 is 1.17 bits per heavy atom. The maximum atomic E-state index is 12.3. The highest BCUT2D eigenvalue weighted by molar-refractivity contribution is 5.73. The van der Waals surface area contributed by atoms with Crippen LogP contribution in [0.3, 0.4) is 0 Å². The molecule has 6 nitrogen and oxygen atoms in total. The standard InChI is InChI=1S/C20H23F3N4O2/c1-26(14-15-4-6-17(7-5-15)29-20(21,22)23)19(28)25-13-16-8-9-24-18(12-16)27-10-2-3-11-27/h4-9,12H,2-3,10-11,13-14H2,1H3,(H,25,28). The van der Waals surface area contributed by atoms with Crippen molar-refractivity contribution in [3.63, 3.8) is 0 Å². The van der Waals surface area contributed by atoms with Crippen LogP contribution in [0.15, 0.2) is 42.6 Å². The molecule has 9 heteroatoms. The van der Waals surface area contributed by atoms with Crippen LogP contribution in [0.1, 0.15) is 24.0 Å². The van der Waals surface area contributed by atoms with E-state index in [-0.39, 0.29) is 18.3 Å². The predicted molar refractivity (Wildman–Crippen MR) is 103 cm³/mol. The molecule has 0 saturated carbocycles. The number of nitrogens with zero attached hydrogens (tertiary/aromatic N) is 3. The first-order valence-corrected chi connectivity index (χ1v) is 9.34. The number of aromatic nitrogens is 1. The van der Waals surface area contributed by atoms with Gasteiger partial charge in [0, 0.05) is 39.4 Å². The van der Waals surface area contributed by atoms with Gasteiger partial charge in [0.25, 0.3) is 0 Å². The molecular formula is C20H23F3N4O2. The third kappa shape index (κ3) is 6.27. The molecule has 1 saturated heterocycles. The van der Waals surface area contributed by atoms with Crippen molar-refractivity contribution in [1.29, 1.82) is 0 Å². The second kappa shape index (κ2) is 9.02. The first kappa shape index (κ1) is 20.8. The van der Waals surface area contributed by atoms with Gasteiger partial charge < -0.3 is 19.9 Å². The van der Waals surface area contributed by atoms with Crippen molar-refractivity contribution >= 4 is 11.8 Å². The van der Waals surface area contributed by atoms with E-state index in [1.54, 1.807) is 13.2 Å². The maximum absolute atomic E-state index is 12.3. The summed E-state index contributed by atoms with van der Waals surface area (Å²) < 4.78 is 40.5. The monoisotopic (exact) mass is 408 g/mol. The zero-order valence-corrected chi connectivity index (χ0v) is 16.1. The summed E-state index contributed by atoms with van der Waals surface area (Å²) >= 11 is 0. The first-order chi connectivity index (χ1) is 13.8. The molecule has 2 amide bonds. The average Bonchev–Trinajstić information content (AvgIpc) is 3.21. The largest absolute Gasteiger partial charge is 0.573 e. The van der Waals surface area contributed by atoms with Gasteiger partial charge in [0.1, 0.15) is 11.6 Å². The van der Waals surface area contributed by atoms with E-state index in [9.17, 15) is 18.0 Å². The van der Waals surface area contributed by atoms with Gasteiger partial charge in [-0.3, -0.25) is 0 Å². The van der Waals surface area contributed by atoms with Crippen molar-refractivity contribution in [1.82, 2.24) is 15.2 Å². The van der Waals surface area contributed by atoms with E-state index in [0.29, 0.717) is 12.1 Å². The molecule has 1 N–H and O–H groups in total. The van der Waals surface area contributed by atoms with Crippen LogP contribution in [-0.2, 0) is 13.1 Å². The number of carbonyl (C=O) groups is 1. The number of amides is 2. The smallest absolute Gasteiger partial charge is 0.406 e. The van der Waals surface area contributed by atoms with Gasteiger partial charge in [-0.15, -0.1) is 13.2 Å².